The largest absolute Gasteiger partial charge is 0.364 e. The molecule has 0 saturated carbocycles. The number of H-pyrrole nitrogens is 1. The second-order valence-electron chi connectivity index (χ2n) is 6.37. The predicted molar refractivity (Wildman–Crippen MR) is 113 cm³/mol. The number of hydrogen-bond acceptors (Lipinski definition) is 4. The Morgan fingerprint density at radius 2 is 1.83 bits per heavy atom. The molecule has 3 N–H and O–H groups in total. The van der Waals surface area contributed by atoms with Crippen molar-refractivity contribution in [1.82, 2.24) is 19.5 Å². The third-order valence-corrected chi connectivity index (χ3v) is 5.29. The second kappa shape index (κ2) is 7.35. The van der Waals surface area contributed by atoms with Gasteiger partial charge in [0.05, 0.1) is 15.7 Å². The van der Waals surface area contributed by atoms with Gasteiger partial charge in [-0.2, -0.15) is 0 Å². The predicted octanol–water partition coefficient (Wildman–Crippen LogP) is 3.74. The normalized spacial score (nSPS) is 11.1. The highest BCUT2D eigenvalue weighted by molar-refractivity contribution is 6.42. The van der Waals surface area contributed by atoms with Crippen LogP contribution in [0.15, 0.2) is 47.3 Å². The highest BCUT2D eigenvalue weighted by atomic mass is 35.5. The Morgan fingerprint density at radius 1 is 1.10 bits per heavy atom. The molecule has 146 valence electrons. The SMILES string of the molecule is CCc1ccc(-c2nc(C(N)=O)c3[nH]c(=O)n(-c4ccc(Cl)c(Cl)c4)c3n2)cc1. The summed E-state index contributed by atoms with van der Waals surface area (Å²) < 4.78 is 1.30. The van der Waals surface area contributed by atoms with E-state index < -0.39 is 11.6 Å². The monoisotopic (exact) mass is 427 g/mol. The third kappa shape index (κ3) is 3.39. The zero-order valence-electron chi connectivity index (χ0n) is 15.2. The number of hydrogen-bond donors (Lipinski definition) is 2. The maximum atomic E-state index is 12.7. The number of aromatic amines is 1. The molecule has 0 radical (unpaired) electrons. The molecule has 29 heavy (non-hydrogen) atoms. The van der Waals surface area contributed by atoms with Gasteiger partial charge in [-0.1, -0.05) is 54.4 Å². The van der Waals surface area contributed by atoms with E-state index in [1.54, 1.807) is 18.2 Å². The first kappa shape index (κ1) is 19.2. The van der Waals surface area contributed by atoms with Crippen LogP contribution in [-0.4, -0.2) is 25.4 Å². The van der Waals surface area contributed by atoms with Crippen molar-refractivity contribution in [1.29, 1.82) is 0 Å². The van der Waals surface area contributed by atoms with Crippen LogP contribution in [0, 0.1) is 0 Å². The molecule has 0 saturated heterocycles. The van der Waals surface area contributed by atoms with Gasteiger partial charge in [0.2, 0.25) is 0 Å². The number of fused-ring (bicyclic) bond motifs is 1. The average Bonchev–Trinajstić information content (AvgIpc) is 3.05. The van der Waals surface area contributed by atoms with Crippen LogP contribution in [0.2, 0.25) is 10.0 Å². The van der Waals surface area contributed by atoms with Crippen LogP contribution in [0.3, 0.4) is 0 Å². The molecule has 2 aromatic carbocycles. The molecule has 4 rings (SSSR count). The van der Waals surface area contributed by atoms with Crippen molar-refractivity contribution in [3.05, 3.63) is 74.3 Å². The maximum absolute atomic E-state index is 12.7. The summed E-state index contributed by atoms with van der Waals surface area (Å²) in [7, 11) is 0. The van der Waals surface area contributed by atoms with Gasteiger partial charge in [0.25, 0.3) is 5.91 Å². The number of aromatic nitrogens is 4. The summed E-state index contributed by atoms with van der Waals surface area (Å²) in [6.45, 7) is 2.05. The van der Waals surface area contributed by atoms with Crippen molar-refractivity contribution in [3.8, 4) is 17.1 Å². The Hall–Kier alpha value is -3.16. The molecular weight excluding hydrogens is 413 g/mol. The minimum atomic E-state index is -0.772. The zero-order valence-corrected chi connectivity index (χ0v) is 16.8. The summed E-state index contributed by atoms with van der Waals surface area (Å²) in [5.74, 6) is -0.492. The Bertz CT molecular complexity index is 1310. The van der Waals surface area contributed by atoms with E-state index in [-0.39, 0.29) is 27.7 Å². The van der Waals surface area contributed by atoms with Crippen LogP contribution in [0.1, 0.15) is 23.0 Å². The first-order chi connectivity index (χ1) is 13.9. The quantitative estimate of drug-likeness (QED) is 0.516. The number of rotatable bonds is 4. The minimum Gasteiger partial charge on any atom is -0.364 e. The molecule has 2 aromatic heterocycles. The summed E-state index contributed by atoms with van der Waals surface area (Å²) in [5, 5.41) is 0.637. The summed E-state index contributed by atoms with van der Waals surface area (Å²) in [6, 6.07) is 12.4. The summed E-state index contributed by atoms with van der Waals surface area (Å²) in [4.78, 5) is 36.1. The fourth-order valence-electron chi connectivity index (χ4n) is 3.05. The van der Waals surface area contributed by atoms with Crippen LogP contribution in [0.4, 0.5) is 0 Å². The van der Waals surface area contributed by atoms with Gasteiger partial charge in [-0.05, 0) is 30.2 Å². The van der Waals surface area contributed by atoms with Crippen LogP contribution < -0.4 is 11.4 Å². The standard InChI is InChI=1S/C20H15Cl2N5O2/c1-2-10-3-5-11(6-4-10)18-24-15(17(23)28)16-19(26-18)27(20(29)25-16)12-7-8-13(21)14(22)9-12/h3-9H,2H2,1H3,(H2,23,28)(H,25,29). The van der Waals surface area contributed by atoms with E-state index in [1.165, 1.54) is 4.57 Å². The van der Waals surface area contributed by atoms with E-state index in [4.69, 9.17) is 28.9 Å². The van der Waals surface area contributed by atoms with E-state index in [0.717, 1.165) is 12.0 Å². The Kier molecular flexibility index (Phi) is 4.86. The van der Waals surface area contributed by atoms with Gasteiger partial charge in [-0.25, -0.2) is 19.3 Å². The van der Waals surface area contributed by atoms with E-state index in [2.05, 4.69) is 21.9 Å². The van der Waals surface area contributed by atoms with Gasteiger partial charge >= 0.3 is 5.69 Å². The van der Waals surface area contributed by atoms with Crippen LogP contribution in [0.5, 0.6) is 0 Å². The molecule has 0 aliphatic heterocycles. The number of imidazole rings is 1. The maximum Gasteiger partial charge on any atom is 0.332 e. The number of primary amides is 1. The highest BCUT2D eigenvalue weighted by Gasteiger charge is 2.20. The molecule has 0 unspecified atom stereocenters. The summed E-state index contributed by atoms with van der Waals surface area (Å²) in [6.07, 6.45) is 0.890. The minimum absolute atomic E-state index is 0.0690. The molecule has 4 aromatic rings. The Balaban J connectivity index is 2.01. The van der Waals surface area contributed by atoms with Crippen molar-refractivity contribution < 1.29 is 4.79 Å². The van der Waals surface area contributed by atoms with Gasteiger partial charge in [-0.15, -0.1) is 0 Å². The molecular formula is C20H15Cl2N5O2. The number of carbonyl (C=O) groups is 1. The van der Waals surface area contributed by atoms with E-state index >= 15 is 0 Å². The molecule has 0 atom stereocenters. The van der Waals surface area contributed by atoms with E-state index in [1.807, 2.05) is 24.3 Å². The van der Waals surface area contributed by atoms with Gasteiger partial charge in [-0.3, -0.25) is 4.79 Å². The van der Waals surface area contributed by atoms with Gasteiger partial charge in [0.1, 0.15) is 5.52 Å². The average molecular weight is 428 g/mol. The number of nitrogens with one attached hydrogen (secondary N) is 1. The third-order valence-electron chi connectivity index (χ3n) is 4.55. The van der Waals surface area contributed by atoms with Gasteiger partial charge in [0.15, 0.2) is 17.2 Å². The fraction of sp³-hybridized carbons (Fsp3) is 0.100. The molecule has 1 amide bonds. The summed E-state index contributed by atoms with van der Waals surface area (Å²) in [5.41, 5.74) is 7.60. The van der Waals surface area contributed by atoms with Crippen molar-refractivity contribution in [2.45, 2.75) is 13.3 Å². The molecule has 2 heterocycles. The molecule has 0 aliphatic rings. The van der Waals surface area contributed by atoms with Crippen LogP contribution >= 0.6 is 23.2 Å². The molecule has 0 bridgehead atoms. The van der Waals surface area contributed by atoms with Gasteiger partial charge in [0, 0.05) is 5.56 Å². The second-order valence-corrected chi connectivity index (χ2v) is 7.19. The number of halogens is 2. The lowest BCUT2D eigenvalue weighted by molar-refractivity contribution is 0.0997. The lowest BCUT2D eigenvalue weighted by atomic mass is 10.1. The number of benzene rings is 2. The zero-order chi connectivity index (χ0) is 20.7. The molecule has 7 nitrogen and oxygen atoms in total. The summed E-state index contributed by atoms with van der Waals surface area (Å²) >= 11 is 12.1. The molecule has 9 heteroatoms. The van der Waals surface area contributed by atoms with Crippen molar-refractivity contribution in [2.75, 3.05) is 0 Å². The number of carbonyl (C=O) groups excluding carboxylic acids is 1. The first-order valence-electron chi connectivity index (χ1n) is 8.76. The topological polar surface area (TPSA) is 107 Å². The number of nitrogens with two attached hydrogens (primary N) is 1. The molecule has 0 aliphatic carbocycles. The number of aryl methyl sites for hydroxylation is 1. The fourth-order valence-corrected chi connectivity index (χ4v) is 3.34. The lowest BCUT2D eigenvalue weighted by Gasteiger charge is -2.08. The first-order valence-corrected chi connectivity index (χ1v) is 9.52. The number of nitrogens with zero attached hydrogens (tertiary/aromatic N) is 3. The van der Waals surface area contributed by atoms with Crippen molar-refractivity contribution >= 4 is 40.3 Å². The van der Waals surface area contributed by atoms with E-state index in [9.17, 15) is 9.59 Å². The molecule has 0 fully saturated rings. The van der Waals surface area contributed by atoms with Crippen LogP contribution in [-0.2, 0) is 6.42 Å². The Labute approximate surface area is 175 Å². The van der Waals surface area contributed by atoms with Crippen molar-refractivity contribution in [3.63, 3.8) is 0 Å². The Morgan fingerprint density at radius 3 is 2.45 bits per heavy atom. The van der Waals surface area contributed by atoms with Gasteiger partial charge < -0.3 is 10.7 Å². The highest BCUT2D eigenvalue weighted by Crippen LogP contribution is 2.26. The van der Waals surface area contributed by atoms with Crippen molar-refractivity contribution in [2.24, 2.45) is 5.73 Å². The molecule has 0 spiro atoms. The van der Waals surface area contributed by atoms with Crippen LogP contribution in [0.25, 0.3) is 28.2 Å². The smallest absolute Gasteiger partial charge is 0.332 e. The number of amides is 1. The van der Waals surface area contributed by atoms with E-state index in [0.29, 0.717) is 16.3 Å². The lowest BCUT2D eigenvalue weighted by Crippen LogP contribution is -2.15.